The largest absolute Gasteiger partial charge is 0.479 e. The first-order chi connectivity index (χ1) is 9.49. The average molecular weight is 303 g/mol. The second-order valence-corrected chi connectivity index (χ2v) is 5.16. The Balaban J connectivity index is 3.01. The van der Waals surface area contributed by atoms with Crippen LogP contribution in [0.3, 0.4) is 0 Å². The van der Waals surface area contributed by atoms with Gasteiger partial charge in [0.25, 0.3) is 5.91 Å². The van der Waals surface area contributed by atoms with Crippen LogP contribution in [0.15, 0.2) is 24.3 Å². The quantitative estimate of drug-likeness (QED) is 0.898. The fourth-order valence-corrected chi connectivity index (χ4v) is 1.56. The number of carboxylic acid groups (broad SMARTS) is 1. The molecule has 1 aromatic carbocycles. The molecule has 21 heavy (non-hydrogen) atoms. The van der Waals surface area contributed by atoms with Gasteiger partial charge >= 0.3 is 12.1 Å². The summed E-state index contributed by atoms with van der Waals surface area (Å²) in [5.74, 6) is -3.05. The highest BCUT2D eigenvalue weighted by atomic mass is 19.4. The van der Waals surface area contributed by atoms with E-state index in [0.29, 0.717) is 6.92 Å². The molecular formula is C14H16F3NO3. The second-order valence-electron chi connectivity index (χ2n) is 5.16. The SMILES string of the molecule is CC(C)c1ccc(C(=O)NC(C)(C(=O)O)C(F)(F)F)cc1. The monoisotopic (exact) mass is 303 g/mol. The summed E-state index contributed by atoms with van der Waals surface area (Å²) in [4.78, 5) is 22.7. The zero-order valence-electron chi connectivity index (χ0n) is 11.8. The number of benzene rings is 1. The first kappa shape index (κ1) is 17.0. The van der Waals surface area contributed by atoms with Crippen molar-refractivity contribution < 1.29 is 27.9 Å². The number of rotatable bonds is 4. The van der Waals surface area contributed by atoms with E-state index < -0.39 is 23.6 Å². The molecule has 0 aromatic heterocycles. The number of nitrogens with one attached hydrogen (secondary N) is 1. The van der Waals surface area contributed by atoms with Crippen molar-refractivity contribution in [2.24, 2.45) is 0 Å². The predicted molar refractivity (Wildman–Crippen MR) is 70.1 cm³/mol. The summed E-state index contributed by atoms with van der Waals surface area (Å²) in [6.45, 7) is 4.27. The maximum atomic E-state index is 12.8. The van der Waals surface area contributed by atoms with Crippen LogP contribution in [0.25, 0.3) is 0 Å². The van der Waals surface area contributed by atoms with E-state index >= 15 is 0 Å². The standard InChI is InChI=1S/C14H16F3NO3/c1-8(2)9-4-6-10(7-5-9)11(19)18-13(3,12(20)21)14(15,16)17/h4-8H,1-3H3,(H,18,19)(H,20,21). The van der Waals surface area contributed by atoms with Gasteiger partial charge in [-0.15, -0.1) is 0 Å². The minimum Gasteiger partial charge on any atom is -0.479 e. The molecule has 1 unspecified atom stereocenters. The van der Waals surface area contributed by atoms with Gasteiger partial charge in [0.2, 0.25) is 5.54 Å². The van der Waals surface area contributed by atoms with Crippen molar-refractivity contribution in [1.29, 1.82) is 0 Å². The molecule has 1 rings (SSSR count). The molecular weight excluding hydrogens is 287 g/mol. The fourth-order valence-electron chi connectivity index (χ4n) is 1.56. The summed E-state index contributed by atoms with van der Waals surface area (Å²) in [6, 6.07) is 5.96. The number of aliphatic carboxylic acids is 1. The van der Waals surface area contributed by atoms with Crippen molar-refractivity contribution >= 4 is 11.9 Å². The molecule has 7 heteroatoms. The Bertz CT molecular complexity index is 537. The third kappa shape index (κ3) is 3.53. The lowest BCUT2D eigenvalue weighted by Gasteiger charge is -2.28. The minimum atomic E-state index is -5.10. The third-order valence-electron chi connectivity index (χ3n) is 3.20. The van der Waals surface area contributed by atoms with E-state index in [-0.39, 0.29) is 11.5 Å². The number of carboxylic acids is 1. The van der Waals surface area contributed by atoms with E-state index in [9.17, 15) is 22.8 Å². The van der Waals surface area contributed by atoms with Gasteiger partial charge in [-0.3, -0.25) is 4.79 Å². The van der Waals surface area contributed by atoms with E-state index in [2.05, 4.69) is 0 Å². The molecule has 0 saturated carbocycles. The molecule has 1 atom stereocenters. The highest BCUT2D eigenvalue weighted by Crippen LogP contribution is 2.30. The zero-order chi connectivity index (χ0) is 16.4. The molecule has 0 spiro atoms. The number of carbonyl (C=O) groups is 2. The summed E-state index contributed by atoms with van der Waals surface area (Å²) in [5, 5.41) is 10.3. The molecule has 2 N–H and O–H groups in total. The van der Waals surface area contributed by atoms with Crippen molar-refractivity contribution in [2.75, 3.05) is 0 Å². The topological polar surface area (TPSA) is 66.4 Å². The van der Waals surface area contributed by atoms with Gasteiger partial charge in [-0.2, -0.15) is 13.2 Å². The molecule has 1 amide bonds. The molecule has 0 heterocycles. The molecule has 0 fully saturated rings. The van der Waals surface area contributed by atoms with Gasteiger partial charge in [-0.1, -0.05) is 26.0 Å². The van der Waals surface area contributed by atoms with Crippen LogP contribution in [0, 0.1) is 0 Å². The van der Waals surface area contributed by atoms with Gasteiger partial charge in [-0.05, 0) is 30.5 Å². The Morgan fingerprint density at radius 2 is 1.62 bits per heavy atom. The molecule has 0 aliphatic heterocycles. The lowest BCUT2D eigenvalue weighted by molar-refractivity contribution is -0.203. The Labute approximate surface area is 120 Å². The lowest BCUT2D eigenvalue weighted by atomic mass is 9.99. The first-order valence-corrected chi connectivity index (χ1v) is 6.21. The summed E-state index contributed by atoms with van der Waals surface area (Å²) >= 11 is 0. The van der Waals surface area contributed by atoms with Crippen molar-refractivity contribution in [3.05, 3.63) is 35.4 Å². The summed E-state index contributed by atoms with van der Waals surface area (Å²) in [6.07, 6.45) is -5.10. The Morgan fingerprint density at radius 1 is 1.14 bits per heavy atom. The van der Waals surface area contributed by atoms with Crippen LogP contribution >= 0.6 is 0 Å². The van der Waals surface area contributed by atoms with Crippen LogP contribution in [0.5, 0.6) is 0 Å². The Morgan fingerprint density at radius 3 is 1.95 bits per heavy atom. The number of halogens is 3. The van der Waals surface area contributed by atoms with Crippen molar-refractivity contribution in [3.63, 3.8) is 0 Å². The number of alkyl halides is 3. The van der Waals surface area contributed by atoms with E-state index in [1.54, 1.807) is 12.1 Å². The van der Waals surface area contributed by atoms with Crippen LogP contribution in [0.2, 0.25) is 0 Å². The van der Waals surface area contributed by atoms with Crippen LogP contribution in [0.4, 0.5) is 13.2 Å². The van der Waals surface area contributed by atoms with Gasteiger partial charge in [0.1, 0.15) is 0 Å². The zero-order valence-corrected chi connectivity index (χ0v) is 11.8. The number of amides is 1. The molecule has 0 aliphatic rings. The first-order valence-electron chi connectivity index (χ1n) is 6.21. The van der Waals surface area contributed by atoms with Crippen LogP contribution in [-0.2, 0) is 4.79 Å². The van der Waals surface area contributed by atoms with E-state index in [1.807, 2.05) is 13.8 Å². The normalized spacial score (nSPS) is 14.6. The third-order valence-corrected chi connectivity index (χ3v) is 3.20. The number of hydrogen-bond acceptors (Lipinski definition) is 2. The summed E-state index contributed by atoms with van der Waals surface area (Å²) in [5.41, 5.74) is -2.44. The van der Waals surface area contributed by atoms with Gasteiger partial charge in [0, 0.05) is 5.56 Å². The maximum Gasteiger partial charge on any atom is 0.422 e. The second kappa shape index (κ2) is 5.75. The van der Waals surface area contributed by atoms with Crippen molar-refractivity contribution in [3.8, 4) is 0 Å². The summed E-state index contributed by atoms with van der Waals surface area (Å²) < 4.78 is 38.4. The van der Waals surface area contributed by atoms with Gasteiger partial charge in [0.15, 0.2) is 0 Å². The highest BCUT2D eigenvalue weighted by molar-refractivity contribution is 5.98. The smallest absolute Gasteiger partial charge is 0.422 e. The maximum absolute atomic E-state index is 12.8. The lowest BCUT2D eigenvalue weighted by Crippen LogP contribution is -2.61. The molecule has 116 valence electrons. The molecule has 0 aliphatic carbocycles. The fraction of sp³-hybridized carbons (Fsp3) is 0.429. The van der Waals surface area contributed by atoms with Crippen LogP contribution in [0.1, 0.15) is 42.6 Å². The Kier molecular flexibility index (Phi) is 4.65. The van der Waals surface area contributed by atoms with E-state index in [0.717, 1.165) is 5.56 Å². The highest BCUT2D eigenvalue weighted by Gasteiger charge is 2.58. The summed E-state index contributed by atoms with van der Waals surface area (Å²) in [7, 11) is 0. The Hall–Kier alpha value is -2.05. The molecule has 1 aromatic rings. The molecule has 0 radical (unpaired) electrons. The molecule has 0 saturated heterocycles. The number of hydrogen-bond donors (Lipinski definition) is 2. The van der Waals surface area contributed by atoms with Crippen molar-refractivity contribution in [2.45, 2.75) is 38.4 Å². The predicted octanol–water partition coefficient (Wildman–Crippen LogP) is 2.95. The van der Waals surface area contributed by atoms with Crippen LogP contribution in [-0.4, -0.2) is 28.7 Å². The average Bonchev–Trinajstić information content (AvgIpc) is 2.37. The van der Waals surface area contributed by atoms with Crippen molar-refractivity contribution in [1.82, 2.24) is 5.32 Å². The molecule has 4 nitrogen and oxygen atoms in total. The van der Waals surface area contributed by atoms with E-state index in [1.165, 1.54) is 17.4 Å². The van der Waals surface area contributed by atoms with Crippen LogP contribution < -0.4 is 5.32 Å². The van der Waals surface area contributed by atoms with Gasteiger partial charge < -0.3 is 10.4 Å². The number of carbonyl (C=O) groups excluding carboxylic acids is 1. The molecule has 0 bridgehead atoms. The van der Waals surface area contributed by atoms with E-state index in [4.69, 9.17) is 5.11 Å². The van der Waals surface area contributed by atoms with Gasteiger partial charge in [-0.25, -0.2) is 4.79 Å². The minimum absolute atomic E-state index is 0.0314. The van der Waals surface area contributed by atoms with Gasteiger partial charge in [0.05, 0.1) is 0 Å².